The van der Waals surface area contributed by atoms with Gasteiger partial charge < -0.3 is 14.9 Å². The largest absolute Gasteiger partial charge is 0.391 e. The highest BCUT2D eigenvalue weighted by Gasteiger charge is 2.30. The van der Waals surface area contributed by atoms with Crippen LogP contribution in [0.25, 0.3) is 11.3 Å². The van der Waals surface area contributed by atoms with Crippen molar-refractivity contribution in [2.75, 3.05) is 29.4 Å². The summed E-state index contributed by atoms with van der Waals surface area (Å²) >= 11 is 0. The first kappa shape index (κ1) is 19.2. The van der Waals surface area contributed by atoms with Crippen LogP contribution >= 0.6 is 0 Å². The first-order valence-corrected chi connectivity index (χ1v) is 10.9. The Balaban J connectivity index is 1.34. The molecule has 2 aliphatic rings. The lowest BCUT2D eigenvalue weighted by Crippen LogP contribution is -2.25. The number of aliphatic hydroxyl groups is 1. The van der Waals surface area contributed by atoms with Gasteiger partial charge in [0.05, 0.1) is 42.1 Å². The summed E-state index contributed by atoms with van der Waals surface area (Å²) in [7, 11) is 0. The van der Waals surface area contributed by atoms with Crippen molar-refractivity contribution in [3.8, 4) is 5.69 Å². The van der Waals surface area contributed by atoms with Gasteiger partial charge in [0.25, 0.3) is 0 Å². The fraction of sp³-hybridized carbons (Fsp3) is 0.364. The number of fused-ring (bicyclic) bond motifs is 1. The van der Waals surface area contributed by atoms with Gasteiger partial charge in [-0.3, -0.25) is 4.98 Å². The molecule has 0 aliphatic carbocycles. The van der Waals surface area contributed by atoms with Crippen molar-refractivity contribution in [3.63, 3.8) is 0 Å². The molecule has 0 radical (unpaired) electrons. The molecule has 1 N–H and O–H groups in total. The lowest BCUT2D eigenvalue weighted by atomic mass is 10.1. The number of halogens is 1. The van der Waals surface area contributed by atoms with E-state index in [1.807, 2.05) is 18.5 Å². The number of anilines is 2. The third-order valence-electron chi connectivity index (χ3n) is 6.33. The molecule has 1 unspecified atom stereocenters. The number of pyridine rings is 1. The minimum Gasteiger partial charge on any atom is -0.391 e. The van der Waals surface area contributed by atoms with E-state index in [0.29, 0.717) is 17.9 Å². The molecular formula is C22H23FN8O. The average Bonchev–Trinajstić information content (AvgIpc) is 3.59. The number of hydrogen-bond acceptors (Lipinski definition) is 7. The molecule has 164 valence electrons. The second-order valence-corrected chi connectivity index (χ2v) is 8.34. The molecule has 6 heterocycles. The van der Waals surface area contributed by atoms with Crippen molar-refractivity contribution < 1.29 is 9.50 Å². The smallest absolute Gasteiger partial charge is 0.183 e. The molecule has 10 heteroatoms. The first-order chi connectivity index (χ1) is 15.7. The third-order valence-corrected chi connectivity index (χ3v) is 6.33. The van der Waals surface area contributed by atoms with Crippen LogP contribution in [0.1, 0.15) is 31.0 Å². The van der Waals surface area contributed by atoms with Gasteiger partial charge in [-0.2, -0.15) is 10.2 Å². The maximum Gasteiger partial charge on any atom is 0.183 e. The molecule has 0 amide bonds. The van der Waals surface area contributed by atoms with E-state index < -0.39 is 0 Å². The molecule has 4 aromatic heterocycles. The minimum absolute atomic E-state index is 0.143. The van der Waals surface area contributed by atoms with Crippen molar-refractivity contribution in [1.82, 2.24) is 29.4 Å². The van der Waals surface area contributed by atoms with E-state index in [-0.39, 0.29) is 18.0 Å². The van der Waals surface area contributed by atoms with Gasteiger partial charge in [-0.05, 0) is 37.5 Å². The van der Waals surface area contributed by atoms with Gasteiger partial charge in [0.2, 0.25) is 0 Å². The maximum atomic E-state index is 14.4. The van der Waals surface area contributed by atoms with Gasteiger partial charge in [0.1, 0.15) is 17.3 Å². The Kier molecular flexibility index (Phi) is 4.53. The second kappa shape index (κ2) is 7.56. The summed E-state index contributed by atoms with van der Waals surface area (Å²) in [4.78, 5) is 13.4. The Hall–Kier alpha value is -3.53. The predicted molar refractivity (Wildman–Crippen MR) is 116 cm³/mol. The van der Waals surface area contributed by atoms with Gasteiger partial charge in [0, 0.05) is 32.0 Å². The molecule has 2 fully saturated rings. The number of rotatable bonds is 4. The highest BCUT2D eigenvalue weighted by Crippen LogP contribution is 2.35. The summed E-state index contributed by atoms with van der Waals surface area (Å²) < 4.78 is 17.9. The molecule has 6 rings (SSSR count). The van der Waals surface area contributed by atoms with E-state index in [1.54, 1.807) is 33.9 Å². The van der Waals surface area contributed by atoms with E-state index >= 15 is 0 Å². The van der Waals surface area contributed by atoms with E-state index in [2.05, 4.69) is 25.0 Å². The minimum atomic E-state index is -0.295. The maximum absolute atomic E-state index is 14.4. The second-order valence-electron chi connectivity index (χ2n) is 8.34. The van der Waals surface area contributed by atoms with Crippen LogP contribution in [-0.2, 0) is 0 Å². The van der Waals surface area contributed by atoms with Crippen LogP contribution < -0.4 is 9.80 Å². The SMILES string of the molecule is OC1CCN(c2cnn(-c3cnn4ccc(N5CCC[C@@H]5c5ncccc5F)nc34)c2)C1. The number of aliphatic hydroxyl groups excluding tert-OH is 1. The summed E-state index contributed by atoms with van der Waals surface area (Å²) in [6, 6.07) is 4.83. The molecule has 2 atom stereocenters. The highest BCUT2D eigenvalue weighted by atomic mass is 19.1. The van der Waals surface area contributed by atoms with E-state index in [4.69, 9.17) is 4.98 Å². The summed E-state index contributed by atoms with van der Waals surface area (Å²) in [6.07, 6.45) is 11.2. The Labute approximate surface area is 183 Å². The Bertz CT molecular complexity index is 1270. The zero-order valence-corrected chi connectivity index (χ0v) is 17.4. The zero-order valence-electron chi connectivity index (χ0n) is 17.4. The molecule has 4 aromatic rings. The van der Waals surface area contributed by atoms with E-state index in [0.717, 1.165) is 49.5 Å². The highest BCUT2D eigenvalue weighted by molar-refractivity contribution is 5.62. The van der Waals surface area contributed by atoms with Gasteiger partial charge >= 0.3 is 0 Å². The molecule has 32 heavy (non-hydrogen) atoms. The monoisotopic (exact) mass is 434 g/mol. The number of hydrogen-bond donors (Lipinski definition) is 1. The number of aromatic nitrogens is 6. The lowest BCUT2D eigenvalue weighted by Gasteiger charge is -2.25. The topological polar surface area (TPSA) is 87.6 Å². The van der Waals surface area contributed by atoms with E-state index in [1.165, 1.54) is 6.07 Å². The predicted octanol–water partition coefficient (Wildman–Crippen LogP) is 2.36. The van der Waals surface area contributed by atoms with Crippen molar-refractivity contribution in [3.05, 3.63) is 60.7 Å². The van der Waals surface area contributed by atoms with Gasteiger partial charge in [-0.15, -0.1) is 0 Å². The quantitative estimate of drug-likeness (QED) is 0.528. The number of β-amino-alcohol motifs (C(OH)–C–C–N with tert-alkyl or cyclic N) is 1. The third kappa shape index (κ3) is 3.18. The Morgan fingerprint density at radius 3 is 2.88 bits per heavy atom. The molecule has 0 aromatic carbocycles. The fourth-order valence-electron chi connectivity index (χ4n) is 4.72. The van der Waals surface area contributed by atoms with E-state index in [9.17, 15) is 9.50 Å². The molecule has 0 saturated carbocycles. The van der Waals surface area contributed by atoms with Crippen LogP contribution in [-0.4, -0.2) is 60.2 Å². The number of nitrogens with zero attached hydrogens (tertiary/aromatic N) is 8. The van der Waals surface area contributed by atoms with Crippen molar-refractivity contribution in [2.24, 2.45) is 0 Å². The normalized spacial score (nSPS) is 21.2. The fourth-order valence-corrected chi connectivity index (χ4v) is 4.72. The Morgan fingerprint density at radius 1 is 1.09 bits per heavy atom. The standard InChI is InChI=1S/C22H23FN8O/c23-17-3-1-7-24-21(17)18-4-2-8-29(18)20-6-10-30-22(27-20)19(12-26-30)31-13-15(11-25-31)28-9-5-16(32)14-28/h1,3,6-7,10-13,16,18,32H,2,4-5,8-9,14H2/t16?,18-/m1/s1. The average molecular weight is 434 g/mol. The van der Waals surface area contributed by atoms with Crippen LogP contribution in [0.2, 0.25) is 0 Å². The van der Waals surface area contributed by atoms with Gasteiger partial charge in [-0.1, -0.05) is 0 Å². The summed E-state index contributed by atoms with van der Waals surface area (Å²) in [5.41, 5.74) is 2.86. The molecule has 2 aliphatic heterocycles. The van der Waals surface area contributed by atoms with Crippen molar-refractivity contribution in [1.29, 1.82) is 0 Å². The molecule has 0 spiro atoms. The summed E-state index contributed by atoms with van der Waals surface area (Å²) in [5, 5.41) is 18.8. The summed E-state index contributed by atoms with van der Waals surface area (Å²) in [6.45, 7) is 2.21. The van der Waals surface area contributed by atoms with Crippen LogP contribution in [0.15, 0.2) is 49.2 Å². The van der Waals surface area contributed by atoms with Crippen molar-refractivity contribution >= 4 is 17.2 Å². The molecule has 0 bridgehead atoms. The van der Waals surface area contributed by atoms with Gasteiger partial charge in [-0.25, -0.2) is 18.6 Å². The molecule has 2 saturated heterocycles. The lowest BCUT2D eigenvalue weighted by molar-refractivity contribution is 0.198. The molecule has 9 nitrogen and oxygen atoms in total. The van der Waals surface area contributed by atoms with Crippen LogP contribution in [0.4, 0.5) is 15.9 Å². The van der Waals surface area contributed by atoms with Crippen LogP contribution in [0.3, 0.4) is 0 Å². The first-order valence-electron chi connectivity index (χ1n) is 10.9. The van der Waals surface area contributed by atoms with Crippen molar-refractivity contribution in [2.45, 2.75) is 31.4 Å². The van der Waals surface area contributed by atoms with Gasteiger partial charge in [0.15, 0.2) is 5.65 Å². The zero-order chi connectivity index (χ0) is 21.7. The van der Waals surface area contributed by atoms with Crippen LogP contribution in [0.5, 0.6) is 0 Å². The molecular weight excluding hydrogens is 411 g/mol. The van der Waals surface area contributed by atoms with Crippen LogP contribution in [0, 0.1) is 5.82 Å². The summed E-state index contributed by atoms with van der Waals surface area (Å²) in [5.74, 6) is 0.480. The Morgan fingerprint density at radius 2 is 2.03 bits per heavy atom.